The predicted molar refractivity (Wildman–Crippen MR) is 115 cm³/mol. The molecule has 2 aromatic rings. The Morgan fingerprint density at radius 1 is 1.27 bits per heavy atom. The Morgan fingerprint density at radius 2 is 2.13 bits per heavy atom. The van der Waals surface area contributed by atoms with Crippen LogP contribution in [0, 0.1) is 0 Å². The van der Waals surface area contributed by atoms with Crippen LogP contribution in [0.1, 0.15) is 40.7 Å². The minimum absolute atomic E-state index is 0.0303. The topological polar surface area (TPSA) is 59.8 Å². The molecule has 0 saturated carbocycles. The monoisotopic (exact) mass is 432 g/mol. The Hall–Kier alpha value is -2.09. The summed E-state index contributed by atoms with van der Waals surface area (Å²) in [5, 5.41) is 5.39. The summed E-state index contributed by atoms with van der Waals surface area (Å²) in [5.41, 5.74) is 4.21. The molecule has 3 heterocycles. The van der Waals surface area contributed by atoms with E-state index in [2.05, 4.69) is 16.5 Å². The minimum Gasteiger partial charge on any atom is -0.496 e. The molecule has 162 valence electrons. The van der Waals surface area contributed by atoms with Crippen molar-refractivity contribution in [1.29, 1.82) is 0 Å². The molecule has 7 nitrogen and oxygen atoms in total. The van der Waals surface area contributed by atoms with E-state index in [1.165, 1.54) is 11.3 Å². The molecular weight excluding hydrogens is 404 g/mol. The highest BCUT2D eigenvalue weighted by molar-refractivity contribution is 6.31. The van der Waals surface area contributed by atoms with Crippen LogP contribution in [0.4, 0.5) is 0 Å². The van der Waals surface area contributed by atoms with Crippen molar-refractivity contribution in [2.75, 3.05) is 39.9 Å². The number of nitrogens with zero attached hydrogens (tertiary/aromatic N) is 4. The van der Waals surface area contributed by atoms with E-state index in [4.69, 9.17) is 26.2 Å². The Bertz CT molecular complexity index is 914. The average molecular weight is 433 g/mol. The average Bonchev–Trinajstić information content (AvgIpc) is 2.95. The van der Waals surface area contributed by atoms with Gasteiger partial charge in [-0.3, -0.25) is 14.4 Å². The number of halogens is 1. The summed E-state index contributed by atoms with van der Waals surface area (Å²) in [5.74, 6) is 0.527. The van der Waals surface area contributed by atoms with E-state index in [1.807, 2.05) is 4.90 Å². The fourth-order valence-electron chi connectivity index (χ4n) is 4.33. The molecule has 2 aliphatic rings. The normalized spacial score (nSPS) is 17.5. The van der Waals surface area contributed by atoms with Crippen molar-refractivity contribution in [2.45, 2.75) is 39.5 Å². The van der Waals surface area contributed by atoms with Crippen LogP contribution in [-0.2, 0) is 30.9 Å². The van der Waals surface area contributed by atoms with E-state index in [-0.39, 0.29) is 5.91 Å². The third kappa shape index (κ3) is 4.33. The number of amides is 1. The number of hydrogen-bond donors (Lipinski definition) is 0. The number of hydrogen-bond acceptors (Lipinski definition) is 5. The summed E-state index contributed by atoms with van der Waals surface area (Å²) in [6, 6.07) is 5.17. The number of fused-ring (bicyclic) bond motifs is 1. The largest absolute Gasteiger partial charge is 0.496 e. The molecule has 1 aromatic heterocycles. The highest BCUT2D eigenvalue weighted by atomic mass is 35.5. The number of aryl methyl sites for hydroxylation is 1. The maximum absolute atomic E-state index is 13.1. The second-order valence-corrected chi connectivity index (χ2v) is 8.19. The lowest BCUT2D eigenvalue weighted by atomic mass is 10.1. The first kappa shape index (κ1) is 21.2. The maximum Gasteiger partial charge on any atom is 0.257 e. The minimum atomic E-state index is -0.0303. The van der Waals surface area contributed by atoms with E-state index in [0.717, 1.165) is 57.9 Å². The molecule has 0 spiro atoms. The first-order valence-corrected chi connectivity index (χ1v) is 11.0. The van der Waals surface area contributed by atoms with Gasteiger partial charge in [0.2, 0.25) is 0 Å². The lowest BCUT2D eigenvalue weighted by Gasteiger charge is -2.23. The molecule has 0 N–H and O–H groups in total. The molecule has 4 rings (SSSR count). The standard InChI is InChI=1S/C22H29ClN4O3/c1-3-27-20-7-12-30-15-18(20)19(24-27)14-25-8-4-9-26(11-10-25)22(28)17-13-16(23)5-6-21(17)29-2/h5-6,13H,3-4,7-12,14-15H2,1-2H3. The molecule has 0 radical (unpaired) electrons. The second kappa shape index (κ2) is 9.37. The van der Waals surface area contributed by atoms with E-state index >= 15 is 0 Å². The van der Waals surface area contributed by atoms with E-state index < -0.39 is 0 Å². The molecule has 0 bridgehead atoms. The zero-order chi connectivity index (χ0) is 21.1. The third-order valence-corrected chi connectivity index (χ3v) is 6.15. The highest BCUT2D eigenvalue weighted by Gasteiger charge is 2.26. The van der Waals surface area contributed by atoms with Crippen molar-refractivity contribution in [3.05, 3.63) is 45.7 Å². The third-order valence-electron chi connectivity index (χ3n) is 5.92. The van der Waals surface area contributed by atoms with Gasteiger partial charge < -0.3 is 14.4 Å². The molecule has 1 amide bonds. The lowest BCUT2D eigenvalue weighted by molar-refractivity contribution is 0.0757. The first-order chi connectivity index (χ1) is 14.6. The summed E-state index contributed by atoms with van der Waals surface area (Å²) in [4.78, 5) is 17.4. The molecule has 30 heavy (non-hydrogen) atoms. The van der Waals surface area contributed by atoms with Gasteiger partial charge >= 0.3 is 0 Å². The van der Waals surface area contributed by atoms with Gasteiger partial charge in [0.25, 0.3) is 5.91 Å². The van der Waals surface area contributed by atoms with Gasteiger partial charge in [-0.05, 0) is 31.5 Å². The van der Waals surface area contributed by atoms with Crippen LogP contribution in [0.2, 0.25) is 5.02 Å². The lowest BCUT2D eigenvalue weighted by Crippen LogP contribution is -2.35. The number of benzene rings is 1. The van der Waals surface area contributed by atoms with Crippen molar-refractivity contribution in [3.63, 3.8) is 0 Å². The number of ether oxygens (including phenoxy) is 2. The molecule has 0 unspecified atom stereocenters. The van der Waals surface area contributed by atoms with Gasteiger partial charge in [-0.2, -0.15) is 5.10 Å². The summed E-state index contributed by atoms with van der Waals surface area (Å²) in [6.45, 7) is 8.36. The molecule has 8 heteroatoms. The summed E-state index contributed by atoms with van der Waals surface area (Å²) in [7, 11) is 1.57. The zero-order valence-electron chi connectivity index (χ0n) is 17.7. The predicted octanol–water partition coefficient (Wildman–Crippen LogP) is 2.99. The molecule has 1 saturated heterocycles. The van der Waals surface area contributed by atoms with Crippen molar-refractivity contribution in [1.82, 2.24) is 19.6 Å². The van der Waals surface area contributed by atoms with Crippen molar-refractivity contribution in [2.24, 2.45) is 0 Å². The van der Waals surface area contributed by atoms with Gasteiger partial charge in [0, 0.05) is 62.0 Å². The second-order valence-electron chi connectivity index (χ2n) is 7.76. The Morgan fingerprint density at radius 3 is 2.93 bits per heavy atom. The summed E-state index contributed by atoms with van der Waals surface area (Å²) < 4.78 is 13.2. The zero-order valence-corrected chi connectivity index (χ0v) is 18.5. The van der Waals surface area contributed by atoms with Crippen LogP contribution in [-0.4, -0.2) is 65.4 Å². The molecule has 2 aliphatic heterocycles. The van der Waals surface area contributed by atoms with Gasteiger partial charge in [0.15, 0.2) is 0 Å². The van der Waals surface area contributed by atoms with E-state index in [0.29, 0.717) is 29.5 Å². The van der Waals surface area contributed by atoms with Crippen LogP contribution in [0.3, 0.4) is 0 Å². The molecular formula is C22H29ClN4O3. The first-order valence-electron chi connectivity index (χ1n) is 10.6. The summed E-state index contributed by atoms with van der Waals surface area (Å²) >= 11 is 6.12. The van der Waals surface area contributed by atoms with Crippen molar-refractivity contribution in [3.8, 4) is 5.75 Å². The quantitative estimate of drug-likeness (QED) is 0.726. The number of carbonyl (C=O) groups excluding carboxylic acids is 1. The highest BCUT2D eigenvalue weighted by Crippen LogP contribution is 2.25. The fourth-order valence-corrected chi connectivity index (χ4v) is 4.50. The SMILES string of the molecule is CCn1nc(CN2CCCN(C(=O)c3cc(Cl)ccc3OC)CC2)c2c1CCOC2. The Labute approximate surface area is 182 Å². The number of methoxy groups -OCH3 is 1. The fraction of sp³-hybridized carbons (Fsp3) is 0.545. The Balaban J connectivity index is 1.44. The molecule has 0 aliphatic carbocycles. The van der Waals surface area contributed by atoms with E-state index in [1.54, 1.807) is 25.3 Å². The van der Waals surface area contributed by atoms with Crippen LogP contribution in [0.25, 0.3) is 0 Å². The van der Waals surface area contributed by atoms with E-state index in [9.17, 15) is 4.79 Å². The van der Waals surface area contributed by atoms with Gasteiger partial charge in [-0.1, -0.05) is 11.6 Å². The number of aromatic nitrogens is 2. The number of rotatable bonds is 5. The van der Waals surface area contributed by atoms with Crippen LogP contribution in [0.15, 0.2) is 18.2 Å². The van der Waals surface area contributed by atoms with Gasteiger partial charge in [0.1, 0.15) is 5.75 Å². The number of carbonyl (C=O) groups is 1. The molecule has 1 aromatic carbocycles. The maximum atomic E-state index is 13.1. The molecule has 1 fully saturated rings. The summed E-state index contributed by atoms with van der Waals surface area (Å²) in [6.07, 6.45) is 1.85. The van der Waals surface area contributed by atoms with Gasteiger partial charge in [-0.25, -0.2) is 0 Å². The van der Waals surface area contributed by atoms with Gasteiger partial charge in [-0.15, -0.1) is 0 Å². The van der Waals surface area contributed by atoms with Crippen molar-refractivity contribution < 1.29 is 14.3 Å². The van der Waals surface area contributed by atoms with Gasteiger partial charge in [0.05, 0.1) is 31.6 Å². The smallest absolute Gasteiger partial charge is 0.257 e. The van der Waals surface area contributed by atoms with Crippen LogP contribution < -0.4 is 4.74 Å². The van der Waals surface area contributed by atoms with Crippen LogP contribution >= 0.6 is 11.6 Å². The van der Waals surface area contributed by atoms with Crippen LogP contribution in [0.5, 0.6) is 5.75 Å². The Kier molecular flexibility index (Phi) is 6.61. The van der Waals surface area contributed by atoms with Crippen molar-refractivity contribution >= 4 is 17.5 Å². The molecule has 0 atom stereocenters.